The summed E-state index contributed by atoms with van der Waals surface area (Å²) in [6.07, 6.45) is 0. The van der Waals surface area contributed by atoms with Gasteiger partial charge in [0.2, 0.25) is 0 Å². The quantitative estimate of drug-likeness (QED) is 0.749. The molecule has 5 N–H and O–H groups in total. The van der Waals surface area contributed by atoms with Gasteiger partial charge < -0.3 is 4.74 Å². The highest BCUT2D eigenvalue weighted by atomic mass is 31.2. The lowest BCUT2D eigenvalue weighted by Gasteiger charge is -2.10. The molecule has 0 aliphatic rings. The first kappa shape index (κ1) is 14.3. The Bertz CT molecular complexity index is 655. The average Bonchev–Trinajstić information content (AvgIpc) is 2.38. The lowest BCUT2D eigenvalue weighted by atomic mass is 10.2. The van der Waals surface area contributed by atoms with Crippen molar-refractivity contribution < 1.29 is 14.1 Å². The van der Waals surface area contributed by atoms with E-state index in [2.05, 4.69) is 0 Å². The van der Waals surface area contributed by atoms with Crippen molar-refractivity contribution in [2.75, 3.05) is 0 Å². The Hall–Kier alpha value is -2.14. The van der Waals surface area contributed by atoms with Crippen molar-refractivity contribution in [2.45, 2.75) is 0 Å². The number of nitrogens with two attached hydrogens (primary N) is 2. The van der Waals surface area contributed by atoms with Crippen LogP contribution < -0.4 is 20.8 Å². The van der Waals surface area contributed by atoms with Crippen molar-refractivity contribution in [2.24, 2.45) is 11.0 Å². The average molecular weight is 291 g/mol. The fourth-order valence-electron chi connectivity index (χ4n) is 1.55. The summed E-state index contributed by atoms with van der Waals surface area (Å²) in [4.78, 5) is 11.8. The third-order valence-electron chi connectivity index (χ3n) is 2.35. The van der Waals surface area contributed by atoms with E-state index in [0.29, 0.717) is 11.5 Å². The number of hydrogen-bond acceptors (Lipinski definition) is 3. The van der Waals surface area contributed by atoms with Gasteiger partial charge in [-0.15, -0.1) is 0 Å². The minimum atomic E-state index is -3.61. The number of nitrogens with one attached hydrogen (secondary N) is 1. The molecule has 0 fully saturated rings. The maximum absolute atomic E-state index is 11.8. The maximum Gasteiger partial charge on any atom is 0.300 e. The number of rotatable bonds is 4. The highest BCUT2D eigenvalue weighted by molar-refractivity contribution is 7.57. The normalized spacial score (nSPS) is 10.9. The maximum atomic E-state index is 11.8. The number of benzene rings is 2. The van der Waals surface area contributed by atoms with Crippen LogP contribution in [0.15, 0.2) is 54.6 Å². The Morgan fingerprint density at radius 1 is 1.00 bits per heavy atom. The number of para-hydroxylation sites is 1. The fraction of sp³-hybridized carbons (Fsp3) is 0. The van der Waals surface area contributed by atoms with Crippen LogP contribution in [0.1, 0.15) is 10.4 Å². The zero-order valence-corrected chi connectivity index (χ0v) is 11.4. The number of carbonyl (C=O) groups is 1. The first-order valence-corrected chi connectivity index (χ1v) is 7.61. The molecule has 0 saturated carbocycles. The standard InChI is InChI=1S/C13H14N3O3P/c14-20(15,18)16-13(17)10-5-4-8-12(9-10)19-11-6-2-1-3-7-11/h1-9H,(H5,14,15,16,17,18). The molecule has 2 rings (SSSR count). The van der Waals surface area contributed by atoms with E-state index in [1.807, 2.05) is 23.3 Å². The molecule has 0 aliphatic carbocycles. The van der Waals surface area contributed by atoms with Crippen molar-refractivity contribution in [3.63, 3.8) is 0 Å². The summed E-state index contributed by atoms with van der Waals surface area (Å²) >= 11 is 0. The smallest absolute Gasteiger partial charge is 0.300 e. The van der Waals surface area contributed by atoms with Crippen LogP contribution in [-0.2, 0) is 4.57 Å². The summed E-state index contributed by atoms with van der Waals surface area (Å²) < 4.78 is 16.8. The molecule has 0 saturated heterocycles. The van der Waals surface area contributed by atoms with E-state index in [9.17, 15) is 9.36 Å². The Balaban J connectivity index is 2.16. The Kier molecular flexibility index (Phi) is 4.20. The van der Waals surface area contributed by atoms with Crippen LogP contribution >= 0.6 is 7.59 Å². The van der Waals surface area contributed by atoms with E-state index in [-0.39, 0.29) is 5.56 Å². The first-order valence-electron chi connectivity index (χ1n) is 5.77. The predicted molar refractivity (Wildman–Crippen MR) is 76.4 cm³/mol. The van der Waals surface area contributed by atoms with Crippen LogP contribution in [0.4, 0.5) is 0 Å². The molecule has 6 nitrogen and oxygen atoms in total. The third-order valence-corrected chi connectivity index (χ3v) is 2.90. The van der Waals surface area contributed by atoms with Gasteiger partial charge in [0.25, 0.3) is 5.91 Å². The molecule has 0 atom stereocenters. The van der Waals surface area contributed by atoms with Crippen molar-refractivity contribution in [1.82, 2.24) is 5.09 Å². The predicted octanol–water partition coefficient (Wildman–Crippen LogP) is 2.23. The fourth-order valence-corrected chi connectivity index (χ4v) is 2.00. The summed E-state index contributed by atoms with van der Waals surface area (Å²) in [7, 11) is -3.61. The summed E-state index contributed by atoms with van der Waals surface area (Å²) in [5.74, 6) is 0.512. The molecule has 1 amide bonds. The van der Waals surface area contributed by atoms with E-state index in [1.165, 1.54) is 6.07 Å². The van der Waals surface area contributed by atoms with Gasteiger partial charge in [-0.2, -0.15) is 0 Å². The van der Waals surface area contributed by atoms with Crippen LogP contribution in [-0.4, -0.2) is 5.91 Å². The number of amides is 1. The minimum absolute atomic E-state index is 0.259. The molecule has 20 heavy (non-hydrogen) atoms. The second-order valence-electron chi connectivity index (χ2n) is 4.09. The van der Waals surface area contributed by atoms with Gasteiger partial charge in [0, 0.05) is 5.56 Å². The van der Waals surface area contributed by atoms with E-state index in [0.717, 1.165) is 0 Å². The molecular weight excluding hydrogens is 277 g/mol. The second kappa shape index (κ2) is 5.88. The molecule has 0 aliphatic heterocycles. The lowest BCUT2D eigenvalue weighted by molar-refractivity contribution is 0.0980. The van der Waals surface area contributed by atoms with E-state index < -0.39 is 13.5 Å². The van der Waals surface area contributed by atoms with E-state index in [4.69, 9.17) is 15.7 Å². The molecular formula is C13H14N3O3P. The van der Waals surface area contributed by atoms with Crippen LogP contribution in [0, 0.1) is 0 Å². The Morgan fingerprint density at radius 3 is 2.30 bits per heavy atom. The summed E-state index contributed by atoms with van der Waals surface area (Å²) in [5, 5.41) is 2.04. The Morgan fingerprint density at radius 2 is 1.65 bits per heavy atom. The molecule has 7 heteroatoms. The zero-order chi connectivity index (χ0) is 14.6. The van der Waals surface area contributed by atoms with E-state index >= 15 is 0 Å². The van der Waals surface area contributed by atoms with Gasteiger partial charge in [-0.3, -0.25) is 25.5 Å². The number of ether oxygens (including phenoxy) is 1. The van der Waals surface area contributed by atoms with Gasteiger partial charge in [-0.25, -0.2) is 0 Å². The molecule has 0 unspecified atom stereocenters. The van der Waals surface area contributed by atoms with Crippen molar-refractivity contribution in [1.29, 1.82) is 0 Å². The van der Waals surface area contributed by atoms with Gasteiger partial charge in [0.15, 0.2) is 0 Å². The molecule has 2 aromatic rings. The molecule has 0 spiro atoms. The van der Waals surface area contributed by atoms with Gasteiger partial charge in [0.1, 0.15) is 11.5 Å². The topological polar surface area (TPSA) is 107 Å². The van der Waals surface area contributed by atoms with Gasteiger partial charge in [0.05, 0.1) is 0 Å². The van der Waals surface area contributed by atoms with Crippen molar-refractivity contribution in [3.8, 4) is 11.5 Å². The second-order valence-corrected chi connectivity index (χ2v) is 5.74. The highest BCUT2D eigenvalue weighted by Crippen LogP contribution is 2.23. The van der Waals surface area contributed by atoms with Crippen LogP contribution in [0.5, 0.6) is 11.5 Å². The molecule has 2 aromatic carbocycles. The van der Waals surface area contributed by atoms with Gasteiger partial charge in [-0.1, -0.05) is 24.3 Å². The van der Waals surface area contributed by atoms with E-state index in [1.54, 1.807) is 30.3 Å². The van der Waals surface area contributed by atoms with Crippen LogP contribution in [0.25, 0.3) is 0 Å². The SMILES string of the molecule is NP(N)(=O)NC(=O)c1cccc(Oc2ccccc2)c1. The first-order chi connectivity index (χ1) is 9.44. The van der Waals surface area contributed by atoms with Crippen LogP contribution in [0.3, 0.4) is 0 Å². The highest BCUT2D eigenvalue weighted by Gasteiger charge is 2.15. The minimum Gasteiger partial charge on any atom is -0.457 e. The molecule has 0 heterocycles. The van der Waals surface area contributed by atoms with Gasteiger partial charge in [-0.05, 0) is 30.3 Å². The lowest BCUT2D eigenvalue weighted by Crippen LogP contribution is -2.28. The number of carbonyl (C=O) groups excluding carboxylic acids is 1. The molecule has 0 radical (unpaired) electrons. The van der Waals surface area contributed by atoms with Gasteiger partial charge >= 0.3 is 7.59 Å². The molecule has 104 valence electrons. The van der Waals surface area contributed by atoms with Crippen molar-refractivity contribution >= 4 is 13.5 Å². The summed E-state index contributed by atoms with van der Waals surface area (Å²) in [5.41, 5.74) is 10.5. The van der Waals surface area contributed by atoms with Crippen LogP contribution in [0.2, 0.25) is 0 Å². The Labute approximate surface area is 116 Å². The number of hydrogen-bond donors (Lipinski definition) is 3. The zero-order valence-electron chi connectivity index (χ0n) is 10.5. The third kappa shape index (κ3) is 4.20. The molecule has 0 bridgehead atoms. The summed E-state index contributed by atoms with van der Waals surface area (Å²) in [6.45, 7) is 0. The molecule has 0 aromatic heterocycles. The monoisotopic (exact) mass is 291 g/mol. The van der Waals surface area contributed by atoms with Crippen molar-refractivity contribution in [3.05, 3.63) is 60.2 Å². The largest absolute Gasteiger partial charge is 0.457 e. The summed E-state index contributed by atoms with van der Waals surface area (Å²) in [6, 6.07) is 15.5.